The van der Waals surface area contributed by atoms with E-state index in [0.29, 0.717) is 5.92 Å². The monoisotopic (exact) mass is 222 g/mol. The summed E-state index contributed by atoms with van der Waals surface area (Å²) >= 11 is 0. The second-order valence-electron chi connectivity index (χ2n) is 4.29. The van der Waals surface area contributed by atoms with Crippen molar-refractivity contribution < 1.29 is 14.6 Å². The highest BCUT2D eigenvalue weighted by Gasteiger charge is 2.29. The molecule has 1 aliphatic carbocycles. The molecule has 1 N–H and O–H groups in total. The van der Waals surface area contributed by atoms with Gasteiger partial charge in [-0.25, -0.2) is 0 Å². The molecule has 3 nitrogen and oxygen atoms in total. The molecule has 0 amide bonds. The Labute approximate surface area is 96.0 Å². The summed E-state index contributed by atoms with van der Waals surface area (Å²) in [5.41, 5.74) is 2.00. The number of methoxy groups -OCH3 is 2. The minimum absolute atomic E-state index is 0.406. The molecule has 88 valence electrons. The summed E-state index contributed by atoms with van der Waals surface area (Å²) in [7, 11) is 3.30. The lowest BCUT2D eigenvalue weighted by atomic mass is 9.81. The fourth-order valence-corrected chi connectivity index (χ4v) is 2.50. The van der Waals surface area contributed by atoms with Gasteiger partial charge < -0.3 is 14.6 Å². The average molecular weight is 222 g/mol. The molecule has 0 fully saturated rings. The van der Waals surface area contributed by atoms with Crippen LogP contribution in [0.4, 0.5) is 0 Å². The molecule has 0 saturated carbocycles. The first-order chi connectivity index (χ1) is 7.69. The van der Waals surface area contributed by atoms with Gasteiger partial charge in [-0.3, -0.25) is 0 Å². The van der Waals surface area contributed by atoms with Gasteiger partial charge in [-0.1, -0.05) is 6.92 Å². The summed E-state index contributed by atoms with van der Waals surface area (Å²) in [5.74, 6) is 2.01. The Bertz CT molecular complexity index is 350. The first-order valence-electron chi connectivity index (χ1n) is 5.61. The Morgan fingerprint density at radius 3 is 2.19 bits per heavy atom. The fourth-order valence-electron chi connectivity index (χ4n) is 2.50. The average Bonchev–Trinajstić information content (AvgIpc) is 2.32. The second kappa shape index (κ2) is 4.34. The smallest absolute Gasteiger partial charge is 0.125 e. The highest BCUT2D eigenvalue weighted by molar-refractivity contribution is 5.52. The number of hydrogen-bond acceptors (Lipinski definition) is 3. The van der Waals surface area contributed by atoms with Crippen molar-refractivity contribution in [2.24, 2.45) is 0 Å². The normalized spacial score (nSPS) is 23.8. The predicted octanol–water partition coefficient (Wildman–Crippen LogP) is 2.63. The van der Waals surface area contributed by atoms with Crippen LogP contribution in [-0.4, -0.2) is 19.3 Å². The van der Waals surface area contributed by atoms with E-state index < -0.39 is 6.10 Å². The quantitative estimate of drug-likeness (QED) is 0.836. The number of hydrogen-bond donors (Lipinski definition) is 1. The molecule has 16 heavy (non-hydrogen) atoms. The van der Waals surface area contributed by atoms with Crippen LogP contribution in [0.25, 0.3) is 0 Å². The van der Waals surface area contributed by atoms with Gasteiger partial charge in [0.25, 0.3) is 0 Å². The maximum atomic E-state index is 10.1. The largest absolute Gasteiger partial charge is 0.496 e. The van der Waals surface area contributed by atoms with Crippen LogP contribution < -0.4 is 9.47 Å². The van der Waals surface area contributed by atoms with Gasteiger partial charge >= 0.3 is 0 Å². The molecule has 1 aromatic carbocycles. The number of fused-ring (bicyclic) bond motifs is 1. The van der Waals surface area contributed by atoms with Crippen LogP contribution in [0.3, 0.4) is 0 Å². The molecule has 0 radical (unpaired) electrons. The Hall–Kier alpha value is -1.22. The third-order valence-electron chi connectivity index (χ3n) is 3.35. The third-order valence-corrected chi connectivity index (χ3v) is 3.35. The lowest BCUT2D eigenvalue weighted by molar-refractivity contribution is 0.146. The second-order valence-corrected chi connectivity index (χ2v) is 4.29. The lowest BCUT2D eigenvalue weighted by Crippen LogP contribution is -2.15. The molecular weight excluding hydrogens is 204 g/mol. The Balaban J connectivity index is 2.63. The van der Waals surface area contributed by atoms with Crippen molar-refractivity contribution in [3.05, 3.63) is 23.3 Å². The molecule has 0 bridgehead atoms. The molecule has 1 unspecified atom stereocenters. The Kier molecular flexibility index (Phi) is 3.06. The molecule has 0 aliphatic heterocycles. The predicted molar refractivity (Wildman–Crippen MR) is 62.2 cm³/mol. The van der Waals surface area contributed by atoms with E-state index in [1.165, 1.54) is 0 Å². The standard InChI is InChI=1S/C13H18O3/c1-8-4-5-9(14)13-11(16-3)7-6-10(15-2)12(8)13/h6-9,14H,4-5H2,1-3H3/t8?,9-/m1/s1. The molecule has 0 heterocycles. The number of aliphatic hydroxyl groups excluding tert-OH is 1. The van der Waals surface area contributed by atoms with Gasteiger partial charge in [0, 0.05) is 11.1 Å². The van der Waals surface area contributed by atoms with Gasteiger partial charge in [0.1, 0.15) is 11.5 Å². The molecule has 0 spiro atoms. The van der Waals surface area contributed by atoms with Crippen molar-refractivity contribution in [1.29, 1.82) is 0 Å². The van der Waals surface area contributed by atoms with Crippen LogP contribution in [-0.2, 0) is 0 Å². The molecule has 2 atom stereocenters. The molecule has 1 aromatic rings. The van der Waals surface area contributed by atoms with Crippen molar-refractivity contribution in [2.75, 3.05) is 14.2 Å². The lowest BCUT2D eigenvalue weighted by Gasteiger charge is -2.29. The minimum atomic E-state index is -0.434. The van der Waals surface area contributed by atoms with E-state index in [2.05, 4.69) is 6.92 Å². The van der Waals surface area contributed by atoms with Gasteiger partial charge in [-0.15, -0.1) is 0 Å². The molecular formula is C13H18O3. The third kappa shape index (κ3) is 1.65. The van der Waals surface area contributed by atoms with Crippen LogP contribution >= 0.6 is 0 Å². The minimum Gasteiger partial charge on any atom is -0.496 e. The van der Waals surface area contributed by atoms with Crippen LogP contribution in [0.2, 0.25) is 0 Å². The van der Waals surface area contributed by atoms with E-state index in [1.54, 1.807) is 14.2 Å². The van der Waals surface area contributed by atoms with Gasteiger partial charge in [-0.2, -0.15) is 0 Å². The van der Waals surface area contributed by atoms with Crippen molar-refractivity contribution in [1.82, 2.24) is 0 Å². The molecule has 0 saturated heterocycles. The molecule has 1 aliphatic rings. The summed E-state index contributed by atoms with van der Waals surface area (Å²) in [5, 5.41) is 10.1. The van der Waals surface area contributed by atoms with Gasteiger partial charge in [-0.05, 0) is 30.9 Å². The number of benzene rings is 1. The maximum Gasteiger partial charge on any atom is 0.125 e. The Morgan fingerprint density at radius 2 is 1.62 bits per heavy atom. The van der Waals surface area contributed by atoms with Crippen molar-refractivity contribution in [3.8, 4) is 11.5 Å². The van der Waals surface area contributed by atoms with Crippen molar-refractivity contribution >= 4 is 0 Å². The number of rotatable bonds is 2. The van der Waals surface area contributed by atoms with Crippen molar-refractivity contribution in [3.63, 3.8) is 0 Å². The summed E-state index contributed by atoms with van der Waals surface area (Å²) in [6.45, 7) is 2.16. The summed E-state index contributed by atoms with van der Waals surface area (Å²) in [6.07, 6.45) is 1.34. The van der Waals surface area contributed by atoms with Crippen LogP contribution in [0.1, 0.15) is 42.9 Å². The van der Waals surface area contributed by atoms with E-state index in [0.717, 1.165) is 35.5 Å². The first-order valence-corrected chi connectivity index (χ1v) is 5.61. The highest BCUT2D eigenvalue weighted by atomic mass is 16.5. The maximum absolute atomic E-state index is 10.1. The van der Waals surface area contributed by atoms with Gasteiger partial charge in [0.15, 0.2) is 0 Å². The zero-order valence-electron chi connectivity index (χ0n) is 9.99. The molecule has 2 rings (SSSR count). The van der Waals surface area contributed by atoms with E-state index in [-0.39, 0.29) is 0 Å². The van der Waals surface area contributed by atoms with Gasteiger partial charge in [0.2, 0.25) is 0 Å². The Morgan fingerprint density at radius 1 is 1.06 bits per heavy atom. The fraction of sp³-hybridized carbons (Fsp3) is 0.538. The zero-order chi connectivity index (χ0) is 11.7. The van der Waals surface area contributed by atoms with Gasteiger partial charge in [0.05, 0.1) is 20.3 Å². The SMILES string of the molecule is COc1ccc(OC)c2c1C(C)CC[C@H]2O. The van der Waals surface area contributed by atoms with E-state index >= 15 is 0 Å². The molecule has 0 aromatic heterocycles. The summed E-state index contributed by atoms with van der Waals surface area (Å²) in [6, 6.07) is 3.77. The zero-order valence-corrected chi connectivity index (χ0v) is 9.99. The number of aliphatic hydroxyl groups is 1. The van der Waals surface area contributed by atoms with Crippen LogP contribution in [0, 0.1) is 0 Å². The summed E-state index contributed by atoms with van der Waals surface area (Å²) < 4.78 is 10.7. The van der Waals surface area contributed by atoms with Crippen molar-refractivity contribution in [2.45, 2.75) is 31.8 Å². The number of ether oxygens (including phenoxy) is 2. The van der Waals surface area contributed by atoms with E-state index in [9.17, 15) is 5.11 Å². The van der Waals surface area contributed by atoms with E-state index in [4.69, 9.17) is 9.47 Å². The van der Waals surface area contributed by atoms with E-state index in [1.807, 2.05) is 12.1 Å². The summed E-state index contributed by atoms with van der Waals surface area (Å²) in [4.78, 5) is 0. The highest BCUT2D eigenvalue weighted by Crippen LogP contribution is 2.46. The van der Waals surface area contributed by atoms with Crippen LogP contribution in [0.15, 0.2) is 12.1 Å². The van der Waals surface area contributed by atoms with Crippen LogP contribution in [0.5, 0.6) is 11.5 Å². The first kappa shape index (κ1) is 11.3. The molecule has 3 heteroatoms. The topological polar surface area (TPSA) is 38.7 Å².